The van der Waals surface area contributed by atoms with Crippen molar-refractivity contribution in [3.05, 3.63) is 70.2 Å². The number of aryl methyl sites for hydroxylation is 2. The van der Waals surface area contributed by atoms with Crippen LogP contribution in [0.1, 0.15) is 21.5 Å². The van der Waals surface area contributed by atoms with E-state index < -0.39 is 0 Å². The van der Waals surface area contributed by atoms with Gasteiger partial charge in [0, 0.05) is 11.3 Å². The van der Waals surface area contributed by atoms with E-state index in [2.05, 4.69) is 15.6 Å². The van der Waals surface area contributed by atoms with Gasteiger partial charge in [-0.25, -0.2) is 4.98 Å². The Kier molecular flexibility index (Phi) is 5.85. The van der Waals surface area contributed by atoms with Gasteiger partial charge in [0.2, 0.25) is 5.89 Å². The largest absolute Gasteiger partial charge is 0.486 e. The predicted octanol–water partition coefficient (Wildman–Crippen LogP) is 5.66. The first-order valence-electron chi connectivity index (χ1n) is 10.6. The van der Waals surface area contributed by atoms with Gasteiger partial charge in [0.1, 0.15) is 18.7 Å². The molecule has 2 N–H and O–H groups in total. The van der Waals surface area contributed by atoms with Crippen molar-refractivity contribution in [1.82, 2.24) is 10.3 Å². The lowest BCUT2D eigenvalue weighted by molar-refractivity contribution is 0.0976. The maximum atomic E-state index is 12.7. The molecule has 0 saturated carbocycles. The number of amides is 1. The lowest BCUT2D eigenvalue weighted by Gasteiger charge is -2.18. The monoisotopic (exact) mass is 493 g/mol. The number of ether oxygens (including phenoxy) is 2. The van der Waals surface area contributed by atoms with E-state index in [-0.39, 0.29) is 11.0 Å². The molecule has 0 unspecified atom stereocenters. The first-order chi connectivity index (χ1) is 16.4. The number of carbonyl (C=O) groups is 1. The van der Waals surface area contributed by atoms with E-state index in [1.165, 1.54) is 0 Å². The van der Waals surface area contributed by atoms with Crippen molar-refractivity contribution in [2.45, 2.75) is 13.8 Å². The fraction of sp³-hybridized carbons (Fsp3) is 0.160. The standard InChI is InChI=1S/C25H20ClN3O4S/c1-13-9-14(2)22-19(10-13)28-24(33-22)17-12-16(4-5-18(17)26)27-25(34)29-23(30)15-3-6-20-21(11-15)32-8-7-31-20/h3-6,9-12H,7-8H2,1-2H3,(H2,27,29,30,34). The first-order valence-corrected chi connectivity index (χ1v) is 11.4. The third kappa shape index (κ3) is 4.42. The van der Waals surface area contributed by atoms with E-state index in [0.29, 0.717) is 52.4 Å². The van der Waals surface area contributed by atoms with Crippen LogP contribution in [-0.2, 0) is 0 Å². The maximum Gasteiger partial charge on any atom is 0.257 e. The van der Waals surface area contributed by atoms with E-state index in [9.17, 15) is 4.79 Å². The van der Waals surface area contributed by atoms with Crippen LogP contribution >= 0.6 is 23.8 Å². The zero-order valence-electron chi connectivity index (χ0n) is 18.4. The molecule has 7 nitrogen and oxygen atoms in total. The Bertz CT molecular complexity index is 1450. The van der Waals surface area contributed by atoms with Crippen molar-refractivity contribution >= 4 is 51.6 Å². The molecule has 0 fully saturated rings. The van der Waals surface area contributed by atoms with Crippen LogP contribution in [0.4, 0.5) is 5.69 Å². The number of hydrogen-bond acceptors (Lipinski definition) is 6. The zero-order valence-corrected chi connectivity index (χ0v) is 20.0. The number of thiocarbonyl (C=S) groups is 1. The summed E-state index contributed by atoms with van der Waals surface area (Å²) in [6, 6.07) is 14.2. The van der Waals surface area contributed by atoms with Crippen LogP contribution in [0.15, 0.2) is 52.9 Å². The van der Waals surface area contributed by atoms with Crippen molar-refractivity contribution in [2.24, 2.45) is 0 Å². The molecule has 0 spiro atoms. The molecular weight excluding hydrogens is 474 g/mol. The number of benzene rings is 3. The molecule has 1 amide bonds. The number of carbonyl (C=O) groups excluding carboxylic acids is 1. The summed E-state index contributed by atoms with van der Waals surface area (Å²) in [7, 11) is 0. The van der Waals surface area contributed by atoms with Crippen LogP contribution < -0.4 is 20.1 Å². The van der Waals surface area contributed by atoms with Gasteiger partial charge in [0.15, 0.2) is 22.2 Å². The van der Waals surface area contributed by atoms with E-state index in [1.807, 2.05) is 26.0 Å². The summed E-state index contributed by atoms with van der Waals surface area (Å²) in [5.41, 5.74) is 5.24. The number of oxazole rings is 1. The normalized spacial score (nSPS) is 12.4. The second kappa shape index (κ2) is 8.96. The second-order valence-corrected chi connectivity index (χ2v) is 8.73. The summed E-state index contributed by atoms with van der Waals surface area (Å²) in [6.45, 7) is 4.92. The summed E-state index contributed by atoms with van der Waals surface area (Å²) in [6.07, 6.45) is 0. The van der Waals surface area contributed by atoms with Gasteiger partial charge < -0.3 is 19.2 Å². The molecule has 9 heteroatoms. The summed E-state index contributed by atoms with van der Waals surface area (Å²) in [4.78, 5) is 17.3. The average Bonchev–Trinajstić information content (AvgIpc) is 3.24. The highest BCUT2D eigenvalue weighted by Gasteiger charge is 2.17. The van der Waals surface area contributed by atoms with Crippen LogP contribution in [0.5, 0.6) is 11.5 Å². The number of nitrogens with zero attached hydrogens (tertiary/aromatic N) is 1. The molecule has 1 aliphatic rings. The third-order valence-electron chi connectivity index (χ3n) is 5.31. The molecule has 4 aromatic rings. The summed E-state index contributed by atoms with van der Waals surface area (Å²) in [5.74, 6) is 1.18. The molecule has 1 aliphatic heterocycles. The van der Waals surface area contributed by atoms with Gasteiger partial charge in [0.25, 0.3) is 5.91 Å². The maximum absolute atomic E-state index is 12.7. The molecular formula is C25H20ClN3O4S. The van der Waals surface area contributed by atoms with E-state index in [0.717, 1.165) is 22.2 Å². The molecule has 0 aliphatic carbocycles. The lowest BCUT2D eigenvalue weighted by atomic mass is 10.1. The Labute approximate surface area is 206 Å². The molecule has 2 heterocycles. The molecule has 3 aromatic carbocycles. The van der Waals surface area contributed by atoms with Crippen LogP contribution in [0.25, 0.3) is 22.6 Å². The van der Waals surface area contributed by atoms with Gasteiger partial charge in [-0.15, -0.1) is 0 Å². The quantitative estimate of drug-likeness (QED) is 0.356. The molecule has 172 valence electrons. The van der Waals surface area contributed by atoms with Crippen molar-refractivity contribution in [3.8, 4) is 23.0 Å². The zero-order chi connectivity index (χ0) is 23.8. The Morgan fingerprint density at radius 2 is 1.82 bits per heavy atom. The Morgan fingerprint density at radius 1 is 1.03 bits per heavy atom. The number of nitrogens with one attached hydrogen (secondary N) is 2. The van der Waals surface area contributed by atoms with Crippen LogP contribution in [0.3, 0.4) is 0 Å². The molecule has 1 aromatic heterocycles. The topological polar surface area (TPSA) is 85.6 Å². The van der Waals surface area contributed by atoms with E-state index >= 15 is 0 Å². The van der Waals surface area contributed by atoms with Gasteiger partial charge in [-0.3, -0.25) is 10.1 Å². The minimum atomic E-state index is -0.367. The average molecular weight is 494 g/mol. The molecule has 5 rings (SSSR count). The molecule has 34 heavy (non-hydrogen) atoms. The first kappa shape index (κ1) is 22.2. The number of fused-ring (bicyclic) bond motifs is 2. The SMILES string of the molecule is Cc1cc(C)c2oc(-c3cc(NC(=S)NC(=O)c4ccc5c(c4)OCCO5)ccc3Cl)nc2c1. The second-order valence-electron chi connectivity index (χ2n) is 7.91. The van der Waals surface area contributed by atoms with Crippen LogP contribution in [0.2, 0.25) is 5.02 Å². The van der Waals surface area contributed by atoms with Crippen molar-refractivity contribution in [3.63, 3.8) is 0 Å². The summed E-state index contributed by atoms with van der Waals surface area (Å²) < 4.78 is 17.0. The molecule has 0 radical (unpaired) electrons. The van der Waals surface area contributed by atoms with Gasteiger partial charge in [-0.05, 0) is 79.7 Å². The molecule has 0 atom stereocenters. The van der Waals surface area contributed by atoms with Crippen molar-refractivity contribution in [2.75, 3.05) is 18.5 Å². The lowest BCUT2D eigenvalue weighted by Crippen LogP contribution is -2.34. The van der Waals surface area contributed by atoms with Gasteiger partial charge in [-0.1, -0.05) is 17.7 Å². The minimum Gasteiger partial charge on any atom is -0.486 e. The number of hydrogen-bond donors (Lipinski definition) is 2. The Balaban J connectivity index is 1.33. The predicted molar refractivity (Wildman–Crippen MR) is 135 cm³/mol. The van der Waals surface area contributed by atoms with E-state index in [1.54, 1.807) is 36.4 Å². The smallest absolute Gasteiger partial charge is 0.257 e. The molecule has 0 saturated heterocycles. The van der Waals surface area contributed by atoms with Crippen molar-refractivity contribution in [1.29, 1.82) is 0 Å². The highest BCUT2D eigenvalue weighted by molar-refractivity contribution is 7.80. The van der Waals surface area contributed by atoms with Crippen LogP contribution in [-0.4, -0.2) is 29.2 Å². The number of aromatic nitrogens is 1. The van der Waals surface area contributed by atoms with Crippen molar-refractivity contribution < 1.29 is 18.7 Å². The number of anilines is 1. The van der Waals surface area contributed by atoms with Gasteiger partial charge >= 0.3 is 0 Å². The summed E-state index contributed by atoms with van der Waals surface area (Å²) >= 11 is 11.8. The summed E-state index contributed by atoms with van der Waals surface area (Å²) in [5, 5.41) is 6.31. The Morgan fingerprint density at radius 3 is 2.65 bits per heavy atom. The fourth-order valence-corrected chi connectivity index (χ4v) is 4.19. The van der Waals surface area contributed by atoms with Gasteiger partial charge in [-0.2, -0.15) is 0 Å². The fourth-order valence-electron chi connectivity index (χ4n) is 3.78. The number of rotatable bonds is 3. The van der Waals surface area contributed by atoms with Gasteiger partial charge in [0.05, 0.1) is 10.6 Å². The van der Waals surface area contributed by atoms with Crippen LogP contribution in [0, 0.1) is 13.8 Å². The minimum absolute atomic E-state index is 0.136. The highest BCUT2D eigenvalue weighted by atomic mass is 35.5. The molecule has 0 bridgehead atoms. The number of halogens is 1. The highest BCUT2D eigenvalue weighted by Crippen LogP contribution is 2.34. The Hall–Kier alpha value is -3.62. The third-order valence-corrected chi connectivity index (χ3v) is 5.84. The van der Waals surface area contributed by atoms with E-state index in [4.69, 9.17) is 37.7 Å².